The van der Waals surface area contributed by atoms with E-state index in [4.69, 9.17) is 10.2 Å². The predicted octanol–water partition coefficient (Wildman–Crippen LogP) is 3.48. The van der Waals surface area contributed by atoms with Gasteiger partial charge in [0.1, 0.15) is 6.26 Å². The van der Waals surface area contributed by atoms with Crippen LogP contribution in [0, 0.1) is 0 Å². The standard InChI is InChI=1S/C12H13BrN2OS/c1-8(14)6-9-7-10(13)2-3-11(9)17-12-15-4-5-16-12/h2-5,7-8H,6,14H2,1H3. The van der Waals surface area contributed by atoms with E-state index in [9.17, 15) is 0 Å². The van der Waals surface area contributed by atoms with Crippen LogP contribution in [-0.4, -0.2) is 11.0 Å². The van der Waals surface area contributed by atoms with Gasteiger partial charge in [-0.3, -0.25) is 0 Å². The molecule has 0 saturated heterocycles. The molecule has 0 bridgehead atoms. The van der Waals surface area contributed by atoms with Gasteiger partial charge in [0.15, 0.2) is 0 Å². The summed E-state index contributed by atoms with van der Waals surface area (Å²) in [5.41, 5.74) is 7.06. The molecule has 2 N–H and O–H groups in total. The topological polar surface area (TPSA) is 52.0 Å². The maximum Gasteiger partial charge on any atom is 0.260 e. The monoisotopic (exact) mass is 312 g/mol. The molecule has 90 valence electrons. The lowest BCUT2D eigenvalue weighted by molar-refractivity contribution is 0.454. The van der Waals surface area contributed by atoms with Crippen LogP contribution in [0.2, 0.25) is 0 Å². The van der Waals surface area contributed by atoms with E-state index in [-0.39, 0.29) is 6.04 Å². The number of nitrogens with two attached hydrogens (primary N) is 1. The summed E-state index contributed by atoms with van der Waals surface area (Å²) in [6.45, 7) is 2.00. The molecular formula is C12H13BrN2OS. The Morgan fingerprint density at radius 2 is 2.35 bits per heavy atom. The number of hydrogen-bond donors (Lipinski definition) is 1. The number of benzene rings is 1. The maximum absolute atomic E-state index is 5.85. The van der Waals surface area contributed by atoms with Gasteiger partial charge in [-0.2, -0.15) is 0 Å². The van der Waals surface area contributed by atoms with Crippen molar-refractivity contribution >= 4 is 27.7 Å². The van der Waals surface area contributed by atoms with Crippen molar-refractivity contribution in [1.82, 2.24) is 4.98 Å². The molecule has 2 aromatic rings. The molecule has 1 aromatic heterocycles. The highest BCUT2D eigenvalue weighted by molar-refractivity contribution is 9.10. The first-order valence-electron chi connectivity index (χ1n) is 5.26. The summed E-state index contributed by atoms with van der Waals surface area (Å²) in [4.78, 5) is 5.24. The average molecular weight is 313 g/mol. The molecule has 1 aromatic carbocycles. The van der Waals surface area contributed by atoms with Gasteiger partial charge >= 0.3 is 0 Å². The van der Waals surface area contributed by atoms with Crippen molar-refractivity contribution in [2.24, 2.45) is 5.73 Å². The highest BCUT2D eigenvalue weighted by Gasteiger charge is 2.09. The van der Waals surface area contributed by atoms with Crippen LogP contribution in [0.1, 0.15) is 12.5 Å². The van der Waals surface area contributed by atoms with Gasteiger partial charge in [-0.1, -0.05) is 15.9 Å². The van der Waals surface area contributed by atoms with Crippen LogP contribution in [-0.2, 0) is 6.42 Å². The van der Waals surface area contributed by atoms with Crippen molar-refractivity contribution in [1.29, 1.82) is 0 Å². The Morgan fingerprint density at radius 1 is 1.53 bits per heavy atom. The quantitative estimate of drug-likeness (QED) is 0.939. The van der Waals surface area contributed by atoms with Crippen molar-refractivity contribution in [3.63, 3.8) is 0 Å². The van der Waals surface area contributed by atoms with E-state index in [1.54, 1.807) is 12.5 Å². The molecule has 0 saturated carbocycles. The van der Waals surface area contributed by atoms with E-state index in [1.807, 2.05) is 13.0 Å². The number of aromatic nitrogens is 1. The fourth-order valence-corrected chi connectivity index (χ4v) is 2.73. The van der Waals surface area contributed by atoms with Gasteiger partial charge < -0.3 is 10.2 Å². The molecule has 2 rings (SSSR count). The van der Waals surface area contributed by atoms with E-state index in [0.717, 1.165) is 15.8 Å². The molecule has 0 aliphatic rings. The van der Waals surface area contributed by atoms with Gasteiger partial charge in [0.2, 0.25) is 0 Å². The molecule has 0 spiro atoms. The molecule has 0 radical (unpaired) electrons. The predicted molar refractivity (Wildman–Crippen MR) is 72.1 cm³/mol. The van der Waals surface area contributed by atoms with Crippen LogP contribution >= 0.6 is 27.7 Å². The molecule has 17 heavy (non-hydrogen) atoms. The summed E-state index contributed by atoms with van der Waals surface area (Å²) in [7, 11) is 0. The molecule has 3 nitrogen and oxygen atoms in total. The fourth-order valence-electron chi connectivity index (χ4n) is 1.51. The van der Waals surface area contributed by atoms with Crippen molar-refractivity contribution in [2.75, 3.05) is 0 Å². The molecule has 5 heteroatoms. The second kappa shape index (κ2) is 5.71. The van der Waals surface area contributed by atoms with E-state index < -0.39 is 0 Å². The van der Waals surface area contributed by atoms with Crippen molar-refractivity contribution in [2.45, 2.75) is 29.5 Å². The molecule has 0 aliphatic heterocycles. The Hall–Kier alpha value is -0.780. The largest absolute Gasteiger partial charge is 0.440 e. The van der Waals surface area contributed by atoms with Crippen molar-refractivity contribution in [3.8, 4) is 0 Å². The van der Waals surface area contributed by atoms with Crippen LogP contribution in [0.15, 0.2) is 49.7 Å². The Morgan fingerprint density at radius 3 is 3.00 bits per heavy atom. The first-order valence-corrected chi connectivity index (χ1v) is 6.87. The Labute approximate surface area is 113 Å². The zero-order chi connectivity index (χ0) is 12.3. The SMILES string of the molecule is CC(N)Cc1cc(Br)ccc1Sc1ncco1. The van der Waals surface area contributed by atoms with Gasteiger partial charge in [-0.05, 0) is 48.9 Å². The number of oxazole rings is 1. The second-order valence-corrected chi connectivity index (χ2v) is 5.74. The summed E-state index contributed by atoms with van der Waals surface area (Å²) in [5.74, 6) is 0. The summed E-state index contributed by atoms with van der Waals surface area (Å²) in [5, 5.41) is 0.651. The minimum absolute atomic E-state index is 0.133. The number of nitrogens with zero attached hydrogens (tertiary/aromatic N) is 1. The third kappa shape index (κ3) is 3.59. The minimum Gasteiger partial charge on any atom is -0.440 e. The summed E-state index contributed by atoms with van der Waals surface area (Å²) in [6, 6.07) is 6.29. The summed E-state index contributed by atoms with van der Waals surface area (Å²) >= 11 is 4.99. The van der Waals surface area contributed by atoms with E-state index in [0.29, 0.717) is 5.22 Å². The highest BCUT2D eigenvalue weighted by Crippen LogP contribution is 2.31. The first kappa shape index (κ1) is 12.7. The van der Waals surface area contributed by atoms with E-state index >= 15 is 0 Å². The van der Waals surface area contributed by atoms with Gasteiger partial charge in [0, 0.05) is 15.4 Å². The smallest absolute Gasteiger partial charge is 0.260 e. The van der Waals surface area contributed by atoms with Crippen LogP contribution in [0.25, 0.3) is 0 Å². The molecule has 0 fully saturated rings. The minimum atomic E-state index is 0.133. The van der Waals surface area contributed by atoms with E-state index in [2.05, 4.69) is 33.0 Å². The molecular weight excluding hydrogens is 300 g/mol. The zero-order valence-electron chi connectivity index (χ0n) is 9.39. The van der Waals surface area contributed by atoms with Crippen LogP contribution in [0.4, 0.5) is 0 Å². The number of hydrogen-bond acceptors (Lipinski definition) is 4. The Kier molecular flexibility index (Phi) is 4.25. The lowest BCUT2D eigenvalue weighted by atomic mass is 10.1. The van der Waals surface area contributed by atoms with Gasteiger partial charge in [-0.15, -0.1) is 0 Å². The van der Waals surface area contributed by atoms with Gasteiger partial charge in [-0.25, -0.2) is 4.98 Å². The normalized spacial score (nSPS) is 12.6. The van der Waals surface area contributed by atoms with Gasteiger partial charge in [0.25, 0.3) is 5.22 Å². The number of rotatable bonds is 4. The summed E-state index contributed by atoms with van der Waals surface area (Å²) in [6.07, 6.45) is 4.06. The Bertz CT molecular complexity index is 485. The van der Waals surface area contributed by atoms with Gasteiger partial charge in [0.05, 0.1) is 6.20 Å². The number of halogens is 1. The molecule has 1 atom stereocenters. The average Bonchev–Trinajstić information content (AvgIpc) is 2.74. The van der Waals surface area contributed by atoms with Crippen LogP contribution in [0.5, 0.6) is 0 Å². The molecule has 0 aliphatic carbocycles. The van der Waals surface area contributed by atoms with Crippen LogP contribution < -0.4 is 5.73 Å². The lowest BCUT2D eigenvalue weighted by Gasteiger charge is -2.10. The zero-order valence-corrected chi connectivity index (χ0v) is 11.8. The Balaban J connectivity index is 2.25. The first-order chi connectivity index (χ1) is 8.15. The molecule has 0 amide bonds. The van der Waals surface area contributed by atoms with Crippen molar-refractivity contribution < 1.29 is 4.42 Å². The van der Waals surface area contributed by atoms with E-state index in [1.165, 1.54) is 17.3 Å². The third-order valence-electron chi connectivity index (χ3n) is 2.17. The van der Waals surface area contributed by atoms with Crippen molar-refractivity contribution in [3.05, 3.63) is 40.7 Å². The summed E-state index contributed by atoms with van der Waals surface area (Å²) < 4.78 is 6.30. The molecule has 1 heterocycles. The highest BCUT2D eigenvalue weighted by atomic mass is 79.9. The molecule has 1 unspecified atom stereocenters. The van der Waals surface area contributed by atoms with Crippen LogP contribution in [0.3, 0.4) is 0 Å². The third-order valence-corrected chi connectivity index (χ3v) is 3.66. The fraction of sp³-hybridized carbons (Fsp3) is 0.250. The maximum atomic E-state index is 5.85. The second-order valence-electron chi connectivity index (χ2n) is 3.83. The lowest BCUT2D eigenvalue weighted by Crippen LogP contribution is -2.18.